The maximum absolute atomic E-state index is 5.35. The molecule has 0 bridgehead atoms. The third kappa shape index (κ3) is 4.34. The number of hydrogen-bond acceptors (Lipinski definition) is 5. The summed E-state index contributed by atoms with van der Waals surface area (Å²) in [7, 11) is 0. The minimum atomic E-state index is 0.556. The van der Waals surface area contributed by atoms with Crippen molar-refractivity contribution in [2.45, 2.75) is 11.5 Å². The molecule has 0 unspecified atom stereocenters. The summed E-state index contributed by atoms with van der Waals surface area (Å²) in [5, 5.41) is 0. The van der Waals surface area contributed by atoms with E-state index in [2.05, 4.69) is 35.4 Å². The highest BCUT2D eigenvalue weighted by molar-refractivity contribution is 7.98. The van der Waals surface area contributed by atoms with E-state index in [4.69, 9.17) is 10.6 Å². The fourth-order valence-corrected chi connectivity index (χ4v) is 1.60. The summed E-state index contributed by atoms with van der Waals surface area (Å²) < 4.78 is 5.35. The Labute approximate surface area is 92.9 Å². The smallest absolute Gasteiger partial charge is 0.108 e. The van der Waals surface area contributed by atoms with Crippen LogP contribution in [0, 0.1) is 0 Å². The van der Waals surface area contributed by atoms with Gasteiger partial charge in [-0.15, -0.1) is 11.8 Å². The number of hydrogen-bond donors (Lipinski definition) is 2. The third-order valence-electron chi connectivity index (χ3n) is 1.65. The molecule has 0 fully saturated rings. The zero-order valence-corrected chi connectivity index (χ0v) is 9.66. The van der Waals surface area contributed by atoms with Crippen molar-refractivity contribution in [2.75, 3.05) is 12.2 Å². The first-order chi connectivity index (χ1) is 6.86. The molecule has 3 nitrogen and oxygen atoms in total. The largest absolute Gasteiger partial charge is 0.365 e. The van der Waals surface area contributed by atoms with E-state index in [1.165, 1.54) is 22.4 Å². The van der Waals surface area contributed by atoms with Gasteiger partial charge in [0.25, 0.3) is 0 Å². The van der Waals surface area contributed by atoms with Crippen molar-refractivity contribution in [3.8, 4) is 0 Å². The number of ether oxygens (including phenoxy) is 1. The first-order valence-corrected chi connectivity index (χ1v) is 6.36. The van der Waals surface area contributed by atoms with Crippen molar-refractivity contribution >= 4 is 23.7 Å². The summed E-state index contributed by atoms with van der Waals surface area (Å²) in [6.07, 6.45) is 2.06. The Bertz CT molecular complexity index is 253. The summed E-state index contributed by atoms with van der Waals surface area (Å²) in [4.78, 5) is 3.73. The lowest BCUT2D eigenvalue weighted by Crippen LogP contribution is -2.13. The van der Waals surface area contributed by atoms with Crippen LogP contribution in [0.25, 0.3) is 0 Å². The summed E-state index contributed by atoms with van der Waals surface area (Å²) in [5.41, 5.74) is 1.18. The molecule has 0 saturated heterocycles. The second-order valence-corrected chi connectivity index (χ2v) is 4.22. The Morgan fingerprint density at radius 3 is 2.64 bits per heavy atom. The van der Waals surface area contributed by atoms with Gasteiger partial charge in [0, 0.05) is 4.90 Å². The maximum atomic E-state index is 5.35. The highest BCUT2D eigenvalue weighted by Gasteiger charge is 1.93. The summed E-state index contributed by atoms with van der Waals surface area (Å²) in [6.45, 7) is 0.628. The standard InChI is InChI=1S/C9H14N2OS2/c1-13-9-4-2-8(3-5-9)6-12-7-14-11-10/h2-5,11H,6-7,10H2,1H3. The van der Waals surface area contributed by atoms with Gasteiger partial charge in [-0.2, -0.15) is 0 Å². The molecule has 1 aromatic rings. The van der Waals surface area contributed by atoms with Crippen molar-refractivity contribution in [3.05, 3.63) is 29.8 Å². The first-order valence-electron chi connectivity index (χ1n) is 4.15. The highest BCUT2D eigenvalue weighted by atomic mass is 32.2. The molecule has 0 aliphatic carbocycles. The lowest BCUT2D eigenvalue weighted by Gasteiger charge is -2.03. The Kier molecular flexibility index (Phi) is 6.05. The fraction of sp³-hybridized carbons (Fsp3) is 0.333. The van der Waals surface area contributed by atoms with E-state index in [-0.39, 0.29) is 0 Å². The monoisotopic (exact) mass is 230 g/mol. The molecule has 78 valence electrons. The minimum absolute atomic E-state index is 0.556. The number of rotatable bonds is 6. The van der Waals surface area contributed by atoms with E-state index >= 15 is 0 Å². The summed E-state index contributed by atoms with van der Waals surface area (Å²) >= 11 is 3.07. The Morgan fingerprint density at radius 1 is 1.36 bits per heavy atom. The van der Waals surface area contributed by atoms with Crippen LogP contribution in [0.1, 0.15) is 5.56 Å². The SMILES string of the molecule is CSc1ccc(COCSNN)cc1. The number of thioether (sulfide) groups is 1. The van der Waals surface area contributed by atoms with Gasteiger partial charge in [-0.3, -0.25) is 5.84 Å². The molecule has 0 aliphatic heterocycles. The van der Waals surface area contributed by atoms with Gasteiger partial charge in [0.2, 0.25) is 0 Å². The molecule has 0 atom stereocenters. The topological polar surface area (TPSA) is 47.3 Å². The Hall–Kier alpha value is -0.200. The van der Waals surface area contributed by atoms with Crippen LogP contribution in [0.4, 0.5) is 0 Å². The van der Waals surface area contributed by atoms with E-state index in [1.807, 2.05) is 0 Å². The zero-order valence-electron chi connectivity index (χ0n) is 8.03. The van der Waals surface area contributed by atoms with E-state index in [0.717, 1.165) is 0 Å². The quantitative estimate of drug-likeness (QED) is 0.195. The molecule has 0 amide bonds. The summed E-state index contributed by atoms with van der Waals surface area (Å²) in [5.74, 6) is 5.63. The van der Waals surface area contributed by atoms with Crippen LogP contribution in [0.15, 0.2) is 29.2 Å². The van der Waals surface area contributed by atoms with E-state index in [9.17, 15) is 0 Å². The number of benzene rings is 1. The molecule has 0 aliphatic rings. The van der Waals surface area contributed by atoms with Gasteiger partial charge in [-0.25, -0.2) is 4.83 Å². The van der Waals surface area contributed by atoms with Crippen LogP contribution in [0.2, 0.25) is 0 Å². The van der Waals surface area contributed by atoms with Gasteiger partial charge in [0.15, 0.2) is 0 Å². The van der Waals surface area contributed by atoms with E-state index in [0.29, 0.717) is 12.5 Å². The Morgan fingerprint density at radius 2 is 2.07 bits per heavy atom. The van der Waals surface area contributed by atoms with Crippen LogP contribution in [-0.4, -0.2) is 12.2 Å². The fourth-order valence-electron chi connectivity index (χ4n) is 0.957. The number of nitrogens with two attached hydrogens (primary N) is 1. The van der Waals surface area contributed by atoms with Crippen molar-refractivity contribution in [3.63, 3.8) is 0 Å². The van der Waals surface area contributed by atoms with Crippen LogP contribution in [0.3, 0.4) is 0 Å². The number of nitrogens with one attached hydrogen (secondary N) is 1. The van der Waals surface area contributed by atoms with E-state index < -0.39 is 0 Å². The molecule has 0 saturated carbocycles. The van der Waals surface area contributed by atoms with Crippen LogP contribution in [0.5, 0.6) is 0 Å². The van der Waals surface area contributed by atoms with Gasteiger partial charge in [-0.05, 0) is 35.9 Å². The molecule has 0 heterocycles. The summed E-state index contributed by atoms with van der Waals surface area (Å²) in [6, 6.07) is 8.34. The molecular weight excluding hydrogens is 216 g/mol. The zero-order chi connectivity index (χ0) is 10.2. The minimum Gasteiger partial charge on any atom is -0.365 e. The first kappa shape index (κ1) is 11.9. The normalized spacial score (nSPS) is 10.4. The predicted molar refractivity (Wildman–Crippen MR) is 62.8 cm³/mol. The predicted octanol–water partition coefficient (Wildman–Crippen LogP) is 1.99. The van der Waals surface area contributed by atoms with E-state index in [1.54, 1.807) is 11.8 Å². The molecule has 1 aromatic carbocycles. The number of hydrazine groups is 1. The van der Waals surface area contributed by atoms with Crippen molar-refractivity contribution in [1.82, 2.24) is 4.83 Å². The molecule has 1 rings (SSSR count). The maximum Gasteiger partial charge on any atom is 0.108 e. The van der Waals surface area contributed by atoms with Gasteiger partial charge >= 0.3 is 0 Å². The average molecular weight is 230 g/mol. The van der Waals surface area contributed by atoms with Crippen molar-refractivity contribution in [1.29, 1.82) is 0 Å². The van der Waals surface area contributed by atoms with Crippen LogP contribution < -0.4 is 10.7 Å². The van der Waals surface area contributed by atoms with Gasteiger partial charge < -0.3 is 4.74 Å². The third-order valence-corrected chi connectivity index (χ3v) is 2.85. The lowest BCUT2D eigenvalue weighted by molar-refractivity contribution is 0.168. The van der Waals surface area contributed by atoms with Crippen molar-refractivity contribution in [2.24, 2.45) is 5.84 Å². The van der Waals surface area contributed by atoms with Gasteiger partial charge in [-0.1, -0.05) is 12.1 Å². The second kappa shape index (κ2) is 7.14. The molecule has 0 aromatic heterocycles. The Balaban J connectivity index is 2.29. The molecule has 14 heavy (non-hydrogen) atoms. The van der Waals surface area contributed by atoms with Gasteiger partial charge in [0.05, 0.1) is 6.61 Å². The lowest BCUT2D eigenvalue weighted by atomic mass is 10.2. The average Bonchev–Trinajstić information content (AvgIpc) is 2.25. The van der Waals surface area contributed by atoms with Crippen LogP contribution in [-0.2, 0) is 11.3 Å². The molecule has 0 radical (unpaired) electrons. The molecular formula is C9H14N2OS2. The second-order valence-electron chi connectivity index (χ2n) is 2.58. The molecule has 5 heteroatoms. The van der Waals surface area contributed by atoms with Crippen molar-refractivity contribution < 1.29 is 4.74 Å². The highest BCUT2D eigenvalue weighted by Crippen LogP contribution is 2.15. The molecule has 3 N–H and O–H groups in total. The van der Waals surface area contributed by atoms with Crippen LogP contribution >= 0.6 is 23.7 Å². The molecule has 0 spiro atoms. The van der Waals surface area contributed by atoms with Gasteiger partial charge in [0.1, 0.15) is 5.94 Å².